The second-order valence-corrected chi connectivity index (χ2v) is 6.46. The maximum absolute atomic E-state index is 9.98. The third-order valence-electron chi connectivity index (χ3n) is 3.73. The van der Waals surface area contributed by atoms with Crippen LogP contribution in [0.25, 0.3) is 0 Å². The van der Waals surface area contributed by atoms with Crippen molar-refractivity contribution in [3.05, 3.63) is 0 Å². The minimum Gasteiger partial charge on any atom is -0.389 e. The molecule has 0 heterocycles. The molecule has 0 aromatic heterocycles. The molecule has 0 radical (unpaired) electrons. The molecule has 0 spiro atoms. The summed E-state index contributed by atoms with van der Waals surface area (Å²) in [7, 11) is 2.12. The molecule has 3 nitrogen and oxygen atoms in total. The van der Waals surface area contributed by atoms with Crippen molar-refractivity contribution in [2.45, 2.75) is 65.6 Å². The summed E-state index contributed by atoms with van der Waals surface area (Å²) >= 11 is 0. The summed E-state index contributed by atoms with van der Waals surface area (Å²) < 4.78 is 0. The van der Waals surface area contributed by atoms with Crippen LogP contribution in [-0.2, 0) is 0 Å². The third kappa shape index (κ3) is 4.81. The molecule has 3 N–H and O–H groups in total. The monoisotopic (exact) mass is 230 g/mol. The number of hydrogen-bond acceptors (Lipinski definition) is 3. The van der Waals surface area contributed by atoms with Gasteiger partial charge in [-0.1, -0.05) is 20.8 Å². The molecule has 3 unspecified atom stereocenters. The topological polar surface area (TPSA) is 49.5 Å². The lowest BCUT2D eigenvalue weighted by atomic mass is 9.85. The SMILES string of the molecule is CC(CC(C)(O)CN)N(C)C(C)C(C)(C)C. The van der Waals surface area contributed by atoms with Gasteiger partial charge in [0.05, 0.1) is 5.60 Å². The predicted molar refractivity (Wildman–Crippen MR) is 70.4 cm³/mol. The average molecular weight is 230 g/mol. The highest BCUT2D eigenvalue weighted by Gasteiger charge is 2.30. The Bertz CT molecular complexity index is 208. The summed E-state index contributed by atoms with van der Waals surface area (Å²) in [5, 5.41) is 9.98. The fourth-order valence-corrected chi connectivity index (χ4v) is 1.86. The van der Waals surface area contributed by atoms with Crippen molar-refractivity contribution in [2.24, 2.45) is 11.1 Å². The maximum atomic E-state index is 9.98. The molecular weight excluding hydrogens is 200 g/mol. The second kappa shape index (κ2) is 5.48. The van der Waals surface area contributed by atoms with Crippen LogP contribution in [0, 0.1) is 5.41 Å². The standard InChI is InChI=1S/C13H30N2O/c1-10(8-13(6,16)9-14)15(7)11(2)12(3,4)5/h10-11,16H,8-9,14H2,1-7H3. The molecule has 16 heavy (non-hydrogen) atoms. The lowest BCUT2D eigenvalue weighted by molar-refractivity contribution is 0.0139. The molecule has 0 aliphatic carbocycles. The van der Waals surface area contributed by atoms with Gasteiger partial charge in [0.1, 0.15) is 0 Å². The largest absolute Gasteiger partial charge is 0.389 e. The minimum absolute atomic E-state index is 0.248. The Hall–Kier alpha value is -0.120. The van der Waals surface area contributed by atoms with E-state index in [1.54, 1.807) is 6.92 Å². The fourth-order valence-electron chi connectivity index (χ4n) is 1.86. The van der Waals surface area contributed by atoms with Crippen LogP contribution in [0.1, 0.15) is 48.0 Å². The van der Waals surface area contributed by atoms with Gasteiger partial charge >= 0.3 is 0 Å². The second-order valence-electron chi connectivity index (χ2n) is 6.46. The van der Waals surface area contributed by atoms with Gasteiger partial charge in [-0.05, 0) is 39.7 Å². The van der Waals surface area contributed by atoms with E-state index in [9.17, 15) is 5.11 Å². The highest BCUT2D eigenvalue weighted by atomic mass is 16.3. The number of nitrogens with two attached hydrogens (primary N) is 1. The van der Waals surface area contributed by atoms with E-state index < -0.39 is 5.60 Å². The number of rotatable bonds is 5. The highest BCUT2D eigenvalue weighted by Crippen LogP contribution is 2.26. The van der Waals surface area contributed by atoms with Crippen molar-refractivity contribution >= 4 is 0 Å². The van der Waals surface area contributed by atoms with Crippen LogP contribution >= 0.6 is 0 Å². The highest BCUT2D eigenvalue weighted by molar-refractivity contribution is 4.85. The van der Waals surface area contributed by atoms with Crippen molar-refractivity contribution in [3.63, 3.8) is 0 Å². The van der Waals surface area contributed by atoms with Crippen LogP contribution in [-0.4, -0.2) is 41.3 Å². The first-order chi connectivity index (χ1) is 7.01. The molecule has 0 aliphatic heterocycles. The van der Waals surface area contributed by atoms with Crippen LogP contribution in [0.2, 0.25) is 0 Å². The van der Waals surface area contributed by atoms with E-state index >= 15 is 0 Å². The number of aliphatic hydroxyl groups is 1. The zero-order valence-corrected chi connectivity index (χ0v) is 12.0. The van der Waals surface area contributed by atoms with E-state index in [0.29, 0.717) is 25.0 Å². The summed E-state index contributed by atoms with van der Waals surface area (Å²) in [6, 6.07) is 0.795. The van der Waals surface area contributed by atoms with Gasteiger partial charge < -0.3 is 15.7 Å². The number of nitrogens with zero attached hydrogens (tertiary/aromatic N) is 1. The van der Waals surface area contributed by atoms with Crippen molar-refractivity contribution in [1.82, 2.24) is 4.90 Å². The summed E-state index contributed by atoms with van der Waals surface area (Å²) in [5.74, 6) is 0. The Balaban J connectivity index is 4.45. The van der Waals surface area contributed by atoms with Gasteiger partial charge in [0, 0.05) is 18.6 Å². The Morgan fingerprint density at radius 2 is 1.62 bits per heavy atom. The zero-order valence-electron chi connectivity index (χ0n) is 12.0. The number of hydrogen-bond donors (Lipinski definition) is 2. The van der Waals surface area contributed by atoms with Crippen molar-refractivity contribution in [3.8, 4) is 0 Å². The Morgan fingerprint density at radius 3 is 1.94 bits per heavy atom. The van der Waals surface area contributed by atoms with Crippen LogP contribution < -0.4 is 5.73 Å². The maximum Gasteiger partial charge on any atom is 0.0756 e. The lowest BCUT2D eigenvalue weighted by Crippen LogP contribution is -2.48. The fraction of sp³-hybridized carbons (Fsp3) is 1.00. The Morgan fingerprint density at radius 1 is 1.19 bits per heavy atom. The third-order valence-corrected chi connectivity index (χ3v) is 3.73. The molecule has 0 amide bonds. The van der Waals surface area contributed by atoms with Crippen molar-refractivity contribution in [1.29, 1.82) is 0 Å². The predicted octanol–water partition coefficient (Wildman–Crippen LogP) is 1.84. The lowest BCUT2D eigenvalue weighted by Gasteiger charge is -2.40. The van der Waals surface area contributed by atoms with E-state index in [2.05, 4.69) is 46.6 Å². The molecule has 0 saturated carbocycles. The van der Waals surface area contributed by atoms with Gasteiger partial charge in [-0.3, -0.25) is 0 Å². The molecule has 0 aromatic carbocycles. The van der Waals surface area contributed by atoms with Gasteiger partial charge in [0.15, 0.2) is 0 Å². The molecule has 98 valence electrons. The molecular formula is C13H30N2O. The molecule has 3 heteroatoms. The van der Waals surface area contributed by atoms with E-state index in [1.165, 1.54) is 0 Å². The first-order valence-electron chi connectivity index (χ1n) is 6.15. The quantitative estimate of drug-likeness (QED) is 0.758. The van der Waals surface area contributed by atoms with Crippen LogP contribution in [0.3, 0.4) is 0 Å². The summed E-state index contributed by atoms with van der Waals surface area (Å²) in [6.07, 6.45) is 0.709. The van der Waals surface area contributed by atoms with Gasteiger partial charge in [-0.15, -0.1) is 0 Å². The minimum atomic E-state index is -0.759. The first kappa shape index (κ1) is 15.9. The Labute approximate surface area is 101 Å². The van der Waals surface area contributed by atoms with Crippen LogP contribution in [0.4, 0.5) is 0 Å². The molecule has 3 atom stereocenters. The van der Waals surface area contributed by atoms with Gasteiger partial charge in [0.2, 0.25) is 0 Å². The summed E-state index contributed by atoms with van der Waals surface area (Å²) in [5.41, 5.74) is 5.04. The zero-order chi connectivity index (χ0) is 13.1. The molecule has 0 aliphatic rings. The smallest absolute Gasteiger partial charge is 0.0756 e. The molecule has 0 aromatic rings. The van der Waals surface area contributed by atoms with Crippen LogP contribution in [0.5, 0.6) is 0 Å². The van der Waals surface area contributed by atoms with E-state index in [0.717, 1.165) is 0 Å². The van der Waals surface area contributed by atoms with Gasteiger partial charge in [-0.25, -0.2) is 0 Å². The van der Waals surface area contributed by atoms with Crippen LogP contribution in [0.15, 0.2) is 0 Å². The molecule has 0 bridgehead atoms. The summed E-state index contributed by atoms with van der Waals surface area (Å²) in [6.45, 7) is 13.2. The molecule has 0 saturated heterocycles. The average Bonchev–Trinajstić information content (AvgIpc) is 2.13. The van der Waals surface area contributed by atoms with Crippen molar-refractivity contribution < 1.29 is 5.11 Å². The van der Waals surface area contributed by atoms with Crippen molar-refractivity contribution in [2.75, 3.05) is 13.6 Å². The normalized spacial score (nSPS) is 20.6. The summed E-state index contributed by atoms with van der Waals surface area (Å²) in [4.78, 5) is 2.32. The van der Waals surface area contributed by atoms with E-state index in [-0.39, 0.29) is 5.41 Å². The Kier molecular flexibility index (Phi) is 5.44. The molecule has 0 fully saturated rings. The van der Waals surface area contributed by atoms with E-state index in [4.69, 9.17) is 5.73 Å². The van der Waals surface area contributed by atoms with Gasteiger partial charge in [-0.2, -0.15) is 0 Å². The first-order valence-corrected chi connectivity index (χ1v) is 6.15. The van der Waals surface area contributed by atoms with Gasteiger partial charge in [0.25, 0.3) is 0 Å². The molecule has 0 rings (SSSR count). The van der Waals surface area contributed by atoms with E-state index in [1.807, 2.05) is 0 Å².